The Morgan fingerprint density at radius 1 is 1.46 bits per heavy atom. The van der Waals surface area contributed by atoms with E-state index in [9.17, 15) is 4.39 Å². The average molecular weight is 179 g/mol. The molecular weight excluding hydrogens is 165 g/mol. The van der Waals surface area contributed by atoms with Crippen LogP contribution in [0.15, 0.2) is 12.1 Å². The number of aryl methyl sites for hydroxylation is 1. The normalized spacial score (nSPS) is 14.8. The molecule has 0 unspecified atom stereocenters. The molecule has 2 rings (SSSR count). The molecule has 1 aliphatic heterocycles. The van der Waals surface area contributed by atoms with Crippen molar-refractivity contribution in [2.45, 2.75) is 20.3 Å². The van der Waals surface area contributed by atoms with E-state index in [1.165, 1.54) is 0 Å². The van der Waals surface area contributed by atoms with Crippen molar-refractivity contribution in [2.75, 3.05) is 18.0 Å². The number of rotatable bonds is 1. The number of nitrogens with zero attached hydrogens (tertiary/aromatic N) is 1. The van der Waals surface area contributed by atoms with Gasteiger partial charge in [-0.1, -0.05) is 12.1 Å². The lowest BCUT2D eigenvalue weighted by atomic mass is 10.1. The molecule has 1 heterocycles. The summed E-state index contributed by atoms with van der Waals surface area (Å²) in [6.07, 6.45) is 0.986. The maximum Gasteiger partial charge on any atom is 0.149 e. The first-order valence-electron chi connectivity index (χ1n) is 4.77. The molecule has 0 atom stereocenters. The van der Waals surface area contributed by atoms with Gasteiger partial charge in [0, 0.05) is 13.1 Å². The van der Waals surface area contributed by atoms with Gasteiger partial charge in [0.15, 0.2) is 0 Å². The van der Waals surface area contributed by atoms with E-state index in [1.807, 2.05) is 19.1 Å². The molecule has 1 aliphatic rings. The van der Waals surface area contributed by atoms with Gasteiger partial charge in [0.1, 0.15) is 5.82 Å². The lowest BCUT2D eigenvalue weighted by Gasteiger charge is -2.17. The summed E-state index contributed by atoms with van der Waals surface area (Å²) in [6, 6.07) is 3.91. The van der Waals surface area contributed by atoms with E-state index in [0.29, 0.717) is 0 Å². The van der Waals surface area contributed by atoms with E-state index in [4.69, 9.17) is 0 Å². The number of hydrogen-bond acceptors (Lipinski definition) is 1. The van der Waals surface area contributed by atoms with Gasteiger partial charge in [-0.15, -0.1) is 0 Å². The van der Waals surface area contributed by atoms with Crippen molar-refractivity contribution in [2.24, 2.45) is 0 Å². The van der Waals surface area contributed by atoms with E-state index >= 15 is 0 Å². The topological polar surface area (TPSA) is 3.24 Å². The highest BCUT2D eigenvalue weighted by Gasteiger charge is 2.22. The van der Waals surface area contributed by atoms with Crippen molar-refractivity contribution in [1.29, 1.82) is 0 Å². The molecule has 0 bridgehead atoms. The van der Waals surface area contributed by atoms with Crippen molar-refractivity contribution >= 4 is 5.69 Å². The molecule has 0 saturated heterocycles. The van der Waals surface area contributed by atoms with Crippen LogP contribution < -0.4 is 4.90 Å². The smallest absolute Gasteiger partial charge is 0.149 e. The molecular formula is C11H14FN. The second-order valence-corrected chi connectivity index (χ2v) is 3.53. The van der Waals surface area contributed by atoms with Crippen LogP contribution in [0, 0.1) is 12.7 Å². The van der Waals surface area contributed by atoms with Gasteiger partial charge in [0.05, 0.1) is 5.69 Å². The minimum atomic E-state index is -0.0307. The summed E-state index contributed by atoms with van der Waals surface area (Å²) < 4.78 is 13.7. The third kappa shape index (κ3) is 1.21. The number of halogens is 1. The summed E-state index contributed by atoms with van der Waals surface area (Å²) in [4.78, 5) is 2.11. The minimum Gasteiger partial charge on any atom is -0.369 e. The van der Waals surface area contributed by atoms with Gasteiger partial charge in [-0.25, -0.2) is 4.39 Å². The summed E-state index contributed by atoms with van der Waals surface area (Å²) in [5.74, 6) is -0.0307. The molecule has 0 saturated carbocycles. The summed E-state index contributed by atoms with van der Waals surface area (Å²) in [6.45, 7) is 5.75. The quantitative estimate of drug-likeness (QED) is 0.640. The molecule has 0 radical (unpaired) electrons. The Hall–Kier alpha value is -1.05. The fourth-order valence-corrected chi connectivity index (χ4v) is 1.93. The summed E-state index contributed by atoms with van der Waals surface area (Å²) >= 11 is 0. The number of hydrogen-bond donors (Lipinski definition) is 0. The highest BCUT2D eigenvalue weighted by atomic mass is 19.1. The molecule has 13 heavy (non-hydrogen) atoms. The maximum absolute atomic E-state index is 13.7. The first-order chi connectivity index (χ1) is 6.24. The van der Waals surface area contributed by atoms with Crippen molar-refractivity contribution in [1.82, 2.24) is 0 Å². The molecule has 0 N–H and O–H groups in total. The monoisotopic (exact) mass is 179 g/mol. The fourth-order valence-electron chi connectivity index (χ4n) is 1.93. The molecule has 70 valence electrons. The minimum absolute atomic E-state index is 0.0307. The second-order valence-electron chi connectivity index (χ2n) is 3.53. The molecule has 0 amide bonds. The SMILES string of the molecule is CCN1CCc2ccc(C)c(F)c21. The molecule has 1 nitrogen and oxygen atoms in total. The van der Waals surface area contributed by atoms with Crippen LogP contribution in [0.1, 0.15) is 18.1 Å². The van der Waals surface area contributed by atoms with E-state index in [-0.39, 0.29) is 5.82 Å². The molecule has 0 aromatic heterocycles. The Morgan fingerprint density at radius 3 is 2.92 bits per heavy atom. The van der Waals surface area contributed by atoms with Gasteiger partial charge < -0.3 is 4.90 Å². The zero-order valence-corrected chi connectivity index (χ0v) is 8.10. The average Bonchev–Trinajstić information content (AvgIpc) is 2.55. The zero-order valence-electron chi connectivity index (χ0n) is 8.10. The van der Waals surface area contributed by atoms with Crippen LogP contribution >= 0.6 is 0 Å². The predicted molar refractivity (Wildman–Crippen MR) is 52.7 cm³/mol. The largest absolute Gasteiger partial charge is 0.369 e. The van der Waals surface area contributed by atoms with E-state index in [0.717, 1.165) is 36.3 Å². The third-order valence-electron chi connectivity index (χ3n) is 2.74. The van der Waals surface area contributed by atoms with Gasteiger partial charge in [0.25, 0.3) is 0 Å². The van der Waals surface area contributed by atoms with Crippen LogP contribution in [-0.4, -0.2) is 13.1 Å². The number of fused-ring (bicyclic) bond motifs is 1. The number of anilines is 1. The second kappa shape index (κ2) is 3.02. The Labute approximate surface area is 78.2 Å². The van der Waals surface area contributed by atoms with Gasteiger partial charge in [-0.2, -0.15) is 0 Å². The highest BCUT2D eigenvalue weighted by Crippen LogP contribution is 2.31. The zero-order chi connectivity index (χ0) is 9.42. The van der Waals surface area contributed by atoms with Crippen LogP contribution in [0.25, 0.3) is 0 Å². The predicted octanol–water partition coefficient (Wildman–Crippen LogP) is 2.52. The van der Waals surface area contributed by atoms with Crippen LogP contribution in [0.5, 0.6) is 0 Å². The van der Waals surface area contributed by atoms with E-state index < -0.39 is 0 Å². The van der Waals surface area contributed by atoms with Crippen molar-refractivity contribution < 1.29 is 4.39 Å². The fraction of sp³-hybridized carbons (Fsp3) is 0.455. The van der Waals surface area contributed by atoms with Gasteiger partial charge in [-0.05, 0) is 31.4 Å². The third-order valence-corrected chi connectivity index (χ3v) is 2.74. The Kier molecular flexibility index (Phi) is 1.98. The Bertz CT molecular complexity index is 333. The summed E-state index contributed by atoms with van der Waals surface area (Å²) in [7, 11) is 0. The van der Waals surface area contributed by atoms with Gasteiger partial charge in [-0.3, -0.25) is 0 Å². The highest BCUT2D eigenvalue weighted by molar-refractivity contribution is 5.60. The van der Waals surface area contributed by atoms with E-state index in [1.54, 1.807) is 0 Å². The lowest BCUT2D eigenvalue weighted by molar-refractivity contribution is 0.615. The van der Waals surface area contributed by atoms with Crippen LogP contribution in [0.4, 0.5) is 10.1 Å². The van der Waals surface area contributed by atoms with Crippen LogP contribution in [-0.2, 0) is 6.42 Å². The molecule has 2 heteroatoms. The van der Waals surface area contributed by atoms with Crippen LogP contribution in [0.3, 0.4) is 0 Å². The van der Waals surface area contributed by atoms with Crippen molar-refractivity contribution in [3.8, 4) is 0 Å². The Balaban J connectivity index is 2.54. The lowest BCUT2D eigenvalue weighted by Crippen LogP contribution is -2.20. The number of likely N-dealkylation sites (N-methyl/N-ethyl adjacent to an activating group) is 1. The van der Waals surface area contributed by atoms with Crippen molar-refractivity contribution in [3.05, 3.63) is 29.1 Å². The molecule has 1 aromatic rings. The van der Waals surface area contributed by atoms with E-state index in [2.05, 4.69) is 11.8 Å². The van der Waals surface area contributed by atoms with Crippen LogP contribution in [0.2, 0.25) is 0 Å². The summed E-state index contributed by atoms with van der Waals surface area (Å²) in [5.41, 5.74) is 2.74. The molecule has 0 fully saturated rings. The Morgan fingerprint density at radius 2 is 2.23 bits per heavy atom. The standard InChI is InChI=1S/C11H14FN/c1-3-13-7-6-9-5-4-8(2)10(12)11(9)13/h4-5H,3,6-7H2,1-2H3. The number of benzene rings is 1. The first-order valence-corrected chi connectivity index (χ1v) is 4.77. The first kappa shape index (κ1) is 8.54. The van der Waals surface area contributed by atoms with Crippen molar-refractivity contribution in [3.63, 3.8) is 0 Å². The van der Waals surface area contributed by atoms with Gasteiger partial charge in [0.2, 0.25) is 0 Å². The molecule has 1 aromatic carbocycles. The maximum atomic E-state index is 13.7. The summed E-state index contributed by atoms with van der Waals surface area (Å²) in [5, 5.41) is 0. The molecule has 0 spiro atoms. The molecule has 0 aliphatic carbocycles. The van der Waals surface area contributed by atoms with Gasteiger partial charge >= 0.3 is 0 Å².